The molecule has 0 aliphatic rings. The lowest BCUT2D eigenvalue weighted by molar-refractivity contribution is -0.116. The van der Waals surface area contributed by atoms with Crippen LogP contribution in [0.1, 0.15) is 12.6 Å². The number of para-hydroxylation sites is 1. The standard InChI is InChI=1S/C13H13NO3/c1-9(15)7-10-8-17-13(14-10)11-5-3-4-6-12(11)16-2/h3-6,8H,7H2,1-2H3. The highest BCUT2D eigenvalue weighted by atomic mass is 16.5. The van der Waals surface area contributed by atoms with E-state index in [0.29, 0.717) is 23.8 Å². The maximum atomic E-state index is 11.0. The lowest BCUT2D eigenvalue weighted by Crippen LogP contribution is -1.96. The van der Waals surface area contributed by atoms with E-state index in [9.17, 15) is 4.79 Å². The molecule has 0 fully saturated rings. The first-order valence-corrected chi connectivity index (χ1v) is 5.28. The molecule has 1 aromatic heterocycles. The van der Waals surface area contributed by atoms with Gasteiger partial charge in [0.05, 0.1) is 24.8 Å². The fourth-order valence-electron chi connectivity index (χ4n) is 1.59. The molecule has 1 aromatic carbocycles. The Balaban J connectivity index is 2.33. The second kappa shape index (κ2) is 4.82. The number of oxazole rings is 1. The molecule has 0 aliphatic heterocycles. The lowest BCUT2D eigenvalue weighted by Gasteiger charge is -2.03. The van der Waals surface area contributed by atoms with Gasteiger partial charge in [-0.15, -0.1) is 0 Å². The summed E-state index contributed by atoms with van der Waals surface area (Å²) in [5.41, 5.74) is 1.42. The summed E-state index contributed by atoms with van der Waals surface area (Å²) in [7, 11) is 1.60. The Bertz CT molecular complexity index is 531. The summed E-state index contributed by atoms with van der Waals surface area (Å²) >= 11 is 0. The van der Waals surface area contributed by atoms with E-state index in [1.165, 1.54) is 13.2 Å². The zero-order valence-corrected chi connectivity index (χ0v) is 9.77. The number of Topliss-reactive ketones (excluding diaryl/α,β-unsaturated/α-hetero) is 1. The normalized spacial score (nSPS) is 10.2. The van der Waals surface area contributed by atoms with Crippen LogP contribution in [0.3, 0.4) is 0 Å². The summed E-state index contributed by atoms with van der Waals surface area (Å²) in [6.07, 6.45) is 1.79. The van der Waals surface area contributed by atoms with Gasteiger partial charge in [-0.05, 0) is 19.1 Å². The van der Waals surface area contributed by atoms with Gasteiger partial charge in [0.2, 0.25) is 5.89 Å². The van der Waals surface area contributed by atoms with Crippen molar-refractivity contribution < 1.29 is 13.9 Å². The number of ketones is 1. The van der Waals surface area contributed by atoms with E-state index < -0.39 is 0 Å². The second-order valence-corrected chi connectivity index (χ2v) is 3.72. The number of ether oxygens (including phenoxy) is 1. The van der Waals surface area contributed by atoms with Crippen molar-refractivity contribution in [2.75, 3.05) is 7.11 Å². The second-order valence-electron chi connectivity index (χ2n) is 3.72. The van der Waals surface area contributed by atoms with Crippen molar-refractivity contribution in [1.29, 1.82) is 0 Å². The third-order valence-corrected chi connectivity index (χ3v) is 2.32. The summed E-state index contributed by atoms with van der Waals surface area (Å²) in [4.78, 5) is 15.2. The van der Waals surface area contributed by atoms with Gasteiger partial charge in [-0.1, -0.05) is 12.1 Å². The van der Waals surface area contributed by atoms with E-state index in [2.05, 4.69) is 4.98 Å². The first-order valence-electron chi connectivity index (χ1n) is 5.28. The number of hydrogen-bond acceptors (Lipinski definition) is 4. The monoisotopic (exact) mass is 231 g/mol. The Morgan fingerprint density at radius 1 is 1.41 bits per heavy atom. The molecule has 1 heterocycles. The first-order chi connectivity index (χ1) is 8.20. The smallest absolute Gasteiger partial charge is 0.229 e. The molecule has 0 atom stereocenters. The zero-order valence-electron chi connectivity index (χ0n) is 9.77. The number of rotatable bonds is 4. The van der Waals surface area contributed by atoms with Gasteiger partial charge in [-0.2, -0.15) is 0 Å². The summed E-state index contributed by atoms with van der Waals surface area (Å²) in [6, 6.07) is 7.46. The molecular formula is C13H13NO3. The third-order valence-electron chi connectivity index (χ3n) is 2.32. The van der Waals surface area contributed by atoms with Gasteiger partial charge >= 0.3 is 0 Å². The van der Waals surface area contributed by atoms with Gasteiger partial charge in [0.25, 0.3) is 0 Å². The van der Waals surface area contributed by atoms with Gasteiger partial charge in [0.1, 0.15) is 17.8 Å². The van der Waals surface area contributed by atoms with Crippen molar-refractivity contribution in [1.82, 2.24) is 4.98 Å². The molecule has 0 aliphatic carbocycles. The van der Waals surface area contributed by atoms with E-state index in [-0.39, 0.29) is 5.78 Å². The molecule has 2 rings (SSSR count). The van der Waals surface area contributed by atoms with E-state index >= 15 is 0 Å². The fourth-order valence-corrected chi connectivity index (χ4v) is 1.59. The van der Waals surface area contributed by atoms with Gasteiger partial charge < -0.3 is 9.15 Å². The minimum absolute atomic E-state index is 0.0601. The Morgan fingerprint density at radius 3 is 2.88 bits per heavy atom. The topological polar surface area (TPSA) is 52.3 Å². The average molecular weight is 231 g/mol. The van der Waals surface area contributed by atoms with Crippen LogP contribution in [-0.2, 0) is 11.2 Å². The Kier molecular flexibility index (Phi) is 3.23. The summed E-state index contributed by atoms with van der Waals surface area (Å²) in [6.45, 7) is 1.53. The Hall–Kier alpha value is -2.10. The first kappa shape index (κ1) is 11.4. The van der Waals surface area contributed by atoms with Gasteiger partial charge in [0, 0.05) is 0 Å². The van der Waals surface area contributed by atoms with E-state index in [1.807, 2.05) is 24.3 Å². The summed E-state index contributed by atoms with van der Waals surface area (Å²) in [5.74, 6) is 1.23. The Morgan fingerprint density at radius 2 is 2.18 bits per heavy atom. The summed E-state index contributed by atoms with van der Waals surface area (Å²) < 4.78 is 10.6. The van der Waals surface area contributed by atoms with Crippen LogP contribution in [0.25, 0.3) is 11.5 Å². The number of carbonyl (C=O) groups excluding carboxylic acids is 1. The number of hydrogen-bond donors (Lipinski definition) is 0. The molecule has 0 spiro atoms. The van der Waals surface area contributed by atoms with E-state index in [0.717, 1.165) is 5.56 Å². The number of carbonyl (C=O) groups is 1. The third kappa shape index (κ3) is 2.53. The zero-order chi connectivity index (χ0) is 12.3. The van der Waals surface area contributed by atoms with Crippen LogP contribution in [0.4, 0.5) is 0 Å². The van der Waals surface area contributed by atoms with Crippen LogP contribution in [-0.4, -0.2) is 17.9 Å². The molecular weight excluding hydrogens is 218 g/mol. The van der Waals surface area contributed by atoms with Gasteiger partial charge in [-0.25, -0.2) is 4.98 Å². The molecule has 0 bridgehead atoms. The van der Waals surface area contributed by atoms with E-state index in [1.54, 1.807) is 7.11 Å². The highest BCUT2D eigenvalue weighted by Gasteiger charge is 2.12. The number of benzene rings is 1. The minimum Gasteiger partial charge on any atom is -0.496 e. The van der Waals surface area contributed by atoms with Crippen LogP contribution < -0.4 is 4.74 Å². The van der Waals surface area contributed by atoms with Crippen molar-refractivity contribution in [3.8, 4) is 17.2 Å². The largest absolute Gasteiger partial charge is 0.496 e. The van der Waals surface area contributed by atoms with Crippen molar-refractivity contribution in [3.63, 3.8) is 0 Å². The molecule has 4 nitrogen and oxygen atoms in total. The number of methoxy groups -OCH3 is 1. The maximum Gasteiger partial charge on any atom is 0.229 e. The maximum absolute atomic E-state index is 11.0. The van der Waals surface area contributed by atoms with Crippen LogP contribution in [0.2, 0.25) is 0 Å². The highest BCUT2D eigenvalue weighted by Crippen LogP contribution is 2.28. The molecule has 0 saturated carbocycles. The molecule has 4 heteroatoms. The SMILES string of the molecule is COc1ccccc1-c1nc(CC(C)=O)co1. The molecule has 2 aromatic rings. The molecule has 88 valence electrons. The van der Waals surface area contributed by atoms with Gasteiger partial charge in [-0.3, -0.25) is 4.79 Å². The molecule has 0 N–H and O–H groups in total. The highest BCUT2D eigenvalue weighted by molar-refractivity contribution is 5.77. The van der Waals surface area contributed by atoms with Crippen LogP contribution in [0.5, 0.6) is 5.75 Å². The Labute approximate surface area is 99.2 Å². The molecule has 0 unspecified atom stereocenters. The fraction of sp³-hybridized carbons (Fsp3) is 0.231. The summed E-state index contributed by atoms with van der Waals surface area (Å²) in [5, 5.41) is 0. The van der Waals surface area contributed by atoms with Crippen LogP contribution >= 0.6 is 0 Å². The quantitative estimate of drug-likeness (QED) is 0.811. The molecule has 0 radical (unpaired) electrons. The molecule has 17 heavy (non-hydrogen) atoms. The van der Waals surface area contributed by atoms with Crippen molar-refractivity contribution >= 4 is 5.78 Å². The molecule has 0 saturated heterocycles. The average Bonchev–Trinajstić information content (AvgIpc) is 2.76. The predicted octanol–water partition coefficient (Wildman–Crippen LogP) is 2.48. The lowest BCUT2D eigenvalue weighted by atomic mass is 10.2. The van der Waals surface area contributed by atoms with Crippen molar-refractivity contribution in [3.05, 3.63) is 36.2 Å². The van der Waals surface area contributed by atoms with E-state index in [4.69, 9.17) is 9.15 Å². The number of aromatic nitrogens is 1. The number of nitrogens with zero attached hydrogens (tertiary/aromatic N) is 1. The molecule has 0 amide bonds. The van der Waals surface area contributed by atoms with Crippen LogP contribution in [0.15, 0.2) is 34.9 Å². The van der Waals surface area contributed by atoms with Crippen molar-refractivity contribution in [2.45, 2.75) is 13.3 Å². The van der Waals surface area contributed by atoms with Crippen LogP contribution in [0, 0.1) is 0 Å². The van der Waals surface area contributed by atoms with Gasteiger partial charge in [0.15, 0.2) is 0 Å². The predicted molar refractivity (Wildman–Crippen MR) is 62.9 cm³/mol. The van der Waals surface area contributed by atoms with Crippen molar-refractivity contribution in [2.24, 2.45) is 0 Å². The minimum atomic E-state index is 0.0601.